The first-order chi connectivity index (χ1) is 6.06. The highest BCUT2D eigenvalue weighted by Crippen LogP contribution is 2.30. The first-order valence-electron chi connectivity index (χ1n) is 4.49. The first kappa shape index (κ1) is 9.85. The maximum Gasteiger partial charge on any atom is 0.122 e. The van der Waals surface area contributed by atoms with Crippen molar-refractivity contribution in [3.05, 3.63) is 41.5 Å². The van der Waals surface area contributed by atoms with Crippen molar-refractivity contribution < 1.29 is 5.11 Å². The number of phenolic OH excluding ortho intramolecular Hbond substituents is 1. The molecule has 1 aromatic rings. The van der Waals surface area contributed by atoms with Crippen LogP contribution >= 0.6 is 0 Å². The van der Waals surface area contributed by atoms with Gasteiger partial charge in [-0.1, -0.05) is 30.7 Å². The summed E-state index contributed by atoms with van der Waals surface area (Å²) in [5.41, 5.74) is 3.08. The Hall–Kier alpha value is -1.24. The van der Waals surface area contributed by atoms with Crippen molar-refractivity contribution in [2.45, 2.75) is 26.7 Å². The zero-order valence-electron chi connectivity index (χ0n) is 8.46. The molecule has 1 unspecified atom stereocenters. The van der Waals surface area contributed by atoms with E-state index in [2.05, 4.69) is 6.58 Å². The average molecular weight is 176 g/mol. The Morgan fingerprint density at radius 2 is 2.00 bits per heavy atom. The maximum absolute atomic E-state index is 9.78. The summed E-state index contributed by atoms with van der Waals surface area (Å²) in [4.78, 5) is 0. The van der Waals surface area contributed by atoms with Crippen molar-refractivity contribution in [3.63, 3.8) is 0 Å². The van der Waals surface area contributed by atoms with Crippen LogP contribution in [0.15, 0.2) is 24.8 Å². The third-order valence-electron chi connectivity index (χ3n) is 2.32. The van der Waals surface area contributed by atoms with Gasteiger partial charge in [0.15, 0.2) is 0 Å². The van der Waals surface area contributed by atoms with Gasteiger partial charge in [0.25, 0.3) is 0 Å². The number of hydrogen-bond donors (Lipinski definition) is 1. The molecule has 0 aromatic heterocycles. The minimum absolute atomic E-state index is 0.207. The maximum atomic E-state index is 9.78. The fourth-order valence-electron chi connectivity index (χ4n) is 1.47. The lowest BCUT2D eigenvalue weighted by molar-refractivity contribution is 0.462. The molecule has 0 aliphatic rings. The van der Waals surface area contributed by atoms with E-state index in [1.165, 1.54) is 5.56 Å². The molecule has 0 fully saturated rings. The highest BCUT2D eigenvalue weighted by molar-refractivity contribution is 5.45. The third-order valence-corrected chi connectivity index (χ3v) is 2.32. The van der Waals surface area contributed by atoms with Crippen LogP contribution in [0, 0.1) is 13.8 Å². The van der Waals surface area contributed by atoms with Crippen LogP contribution < -0.4 is 0 Å². The van der Waals surface area contributed by atoms with E-state index in [1.54, 1.807) is 0 Å². The quantitative estimate of drug-likeness (QED) is 0.685. The monoisotopic (exact) mass is 176 g/mol. The van der Waals surface area contributed by atoms with Gasteiger partial charge in [0.1, 0.15) is 5.75 Å². The summed E-state index contributed by atoms with van der Waals surface area (Å²) >= 11 is 0. The van der Waals surface area contributed by atoms with Crippen molar-refractivity contribution in [1.82, 2.24) is 0 Å². The van der Waals surface area contributed by atoms with Crippen LogP contribution in [0.25, 0.3) is 0 Å². The van der Waals surface area contributed by atoms with Crippen molar-refractivity contribution >= 4 is 0 Å². The van der Waals surface area contributed by atoms with Crippen LogP contribution in [0.3, 0.4) is 0 Å². The number of rotatable bonds is 2. The predicted molar refractivity (Wildman–Crippen MR) is 56.2 cm³/mol. The molecule has 0 radical (unpaired) electrons. The second-order valence-corrected chi connectivity index (χ2v) is 3.54. The minimum atomic E-state index is 0.207. The van der Waals surface area contributed by atoms with Crippen molar-refractivity contribution in [2.24, 2.45) is 0 Å². The second kappa shape index (κ2) is 3.65. The molecule has 0 bridgehead atoms. The zero-order chi connectivity index (χ0) is 10.0. The molecule has 13 heavy (non-hydrogen) atoms. The van der Waals surface area contributed by atoms with Gasteiger partial charge in [-0.25, -0.2) is 0 Å². The summed E-state index contributed by atoms with van der Waals surface area (Å²) in [5.74, 6) is 0.608. The molecule has 0 aliphatic carbocycles. The van der Waals surface area contributed by atoms with E-state index in [0.717, 1.165) is 11.1 Å². The van der Waals surface area contributed by atoms with E-state index < -0.39 is 0 Å². The van der Waals surface area contributed by atoms with E-state index in [4.69, 9.17) is 0 Å². The van der Waals surface area contributed by atoms with Gasteiger partial charge in [-0.15, -0.1) is 6.58 Å². The Labute approximate surface area is 79.7 Å². The molecule has 0 saturated heterocycles. The van der Waals surface area contributed by atoms with Crippen molar-refractivity contribution in [1.29, 1.82) is 0 Å². The summed E-state index contributed by atoms with van der Waals surface area (Å²) in [6.07, 6.45) is 1.84. The molecular formula is C12H16O. The van der Waals surface area contributed by atoms with Gasteiger partial charge >= 0.3 is 0 Å². The Kier molecular flexibility index (Phi) is 2.76. The van der Waals surface area contributed by atoms with Gasteiger partial charge < -0.3 is 5.11 Å². The van der Waals surface area contributed by atoms with Crippen LogP contribution in [0.4, 0.5) is 0 Å². The minimum Gasteiger partial charge on any atom is -0.507 e. The van der Waals surface area contributed by atoms with E-state index in [0.29, 0.717) is 5.75 Å². The van der Waals surface area contributed by atoms with Crippen LogP contribution in [-0.4, -0.2) is 5.11 Å². The van der Waals surface area contributed by atoms with Gasteiger partial charge in [-0.3, -0.25) is 0 Å². The molecule has 1 nitrogen and oxygen atoms in total. The molecule has 1 aromatic carbocycles. The van der Waals surface area contributed by atoms with Crippen LogP contribution in [0.2, 0.25) is 0 Å². The summed E-state index contributed by atoms with van der Waals surface area (Å²) < 4.78 is 0. The van der Waals surface area contributed by atoms with Crippen LogP contribution in [-0.2, 0) is 0 Å². The molecular weight excluding hydrogens is 160 g/mol. The van der Waals surface area contributed by atoms with Crippen LogP contribution in [0.1, 0.15) is 29.5 Å². The van der Waals surface area contributed by atoms with E-state index in [-0.39, 0.29) is 5.92 Å². The van der Waals surface area contributed by atoms with E-state index in [1.807, 2.05) is 39.0 Å². The smallest absolute Gasteiger partial charge is 0.122 e. The molecule has 70 valence electrons. The summed E-state index contributed by atoms with van der Waals surface area (Å²) in [6.45, 7) is 9.71. The summed E-state index contributed by atoms with van der Waals surface area (Å²) in [7, 11) is 0. The third kappa shape index (κ3) is 1.92. The lowest BCUT2D eigenvalue weighted by Gasteiger charge is -2.12. The first-order valence-corrected chi connectivity index (χ1v) is 4.49. The molecule has 1 rings (SSSR count). The van der Waals surface area contributed by atoms with Gasteiger partial charge in [-0.2, -0.15) is 0 Å². The van der Waals surface area contributed by atoms with Gasteiger partial charge in [0.05, 0.1) is 0 Å². The van der Waals surface area contributed by atoms with E-state index in [9.17, 15) is 5.11 Å². The Morgan fingerprint density at radius 3 is 2.54 bits per heavy atom. The number of allylic oxidation sites excluding steroid dienone is 1. The molecule has 0 amide bonds. The number of aryl methyl sites for hydroxylation is 2. The Balaban J connectivity index is 3.27. The molecule has 0 aliphatic heterocycles. The summed E-state index contributed by atoms with van der Waals surface area (Å²) in [6, 6.07) is 3.99. The lowest BCUT2D eigenvalue weighted by atomic mass is 9.96. The molecule has 0 saturated carbocycles. The molecule has 0 spiro atoms. The largest absolute Gasteiger partial charge is 0.507 e. The molecule has 1 N–H and O–H groups in total. The lowest BCUT2D eigenvalue weighted by Crippen LogP contribution is -1.92. The SMILES string of the molecule is C=CC(C)c1cc(C)cc(C)c1O. The topological polar surface area (TPSA) is 20.2 Å². The number of hydrogen-bond acceptors (Lipinski definition) is 1. The van der Waals surface area contributed by atoms with Crippen LogP contribution in [0.5, 0.6) is 5.75 Å². The normalized spacial score (nSPS) is 12.5. The van der Waals surface area contributed by atoms with Gasteiger partial charge in [-0.05, 0) is 19.4 Å². The fraction of sp³-hybridized carbons (Fsp3) is 0.333. The average Bonchev–Trinajstić information content (AvgIpc) is 2.10. The molecule has 0 heterocycles. The number of phenols is 1. The van der Waals surface area contributed by atoms with Gasteiger partial charge in [0.2, 0.25) is 0 Å². The zero-order valence-corrected chi connectivity index (χ0v) is 8.46. The summed E-state index contributed by atoms with van der Waals surface area (Å²) in [5, 5.41) is 9.78. The molecule has 1 atom stereocenters. The predicted octanol–water partition coefficient (Wildman–Crippen LogP) is 3.30. The van der Waals surface area contributed by atoms with Gasteiger partial charge in [0, 0.05) is 11.5 Å². The highest BCUT2D eigenvalue weighted by atomic mass is 16.3. The molecule has 1 heteroatoms. The van der Waals surface area contributed by atoms with E-state index >= 15 is 0 Å². The Morgan fingerprint density at radius 1 is 1.38 bits per heavy atom. The van der Waals surface area contributed by atoms with Crippen molar-refractivity contribution in [2.75, 3.05) is 0 Å². The highest BCUT2D eigenvalue weighted by Gasteiger charge is 2.09. The second-order valence-electron chi connectivity index (χ2n) is 3.54. The fourth-order valence-corrected chi connectivity index (χ4v) is 1.47. The standard InChI is InChI=1S/C12H16O/c1-5-9(3)11-7-8(2)6-10(4)12(11)13/h5-7,9,13H,1H2,2-4H3. The van der Waals surface area contributed by atoms with Crippen molar-refractivity contribution in [3.8, 4) is 5.75 Å². The number of benzene rings is 1. The Bertz CT molecular complexity index is 326. The number of aromatic hydroxyl groups is 1.